The van der Waals surface area contributed by atoms with E-state index in [1.165, 1.54) is 6.07 Å². The van der Waals surface area contributed by atoms with Crippen molar-refractivity contribution in [3.8, 4) is 0 Å². The van der Waals surface area contributed by atoms with Crippen LogP contribution in [0, 0.1) is 0 Å². The topological polar surface area (TPSA) is 70.6 Å². The van der Waals surface area contributed by atoms with Crippen molar-refractivity contribution in [1.82, 2.24) is 5.43 Å². The lowest BCUT2D eigenvalue weighted by molar-refractivity contribution is -0.124. The summed E-state index contributed by atoms with van der Waals surface area (Å²) >= 11 is 11.9. The number of halogens is 2. The lowest BCUT2D eigenvalue weighted by Crippen LogP contribution is -2.22. The third kappa shape index (κ3) is 7.38. The lowest BCUT2D eigenvalue weighted by atomic mass is 10.1. The smallest absolute Gasteiger partial charge is 0.240 e. The van der Waals surface area contributed by atoms with E-state index in [1.807, 2.05) is 72.8 Å². The number of rotatable bonds is 8. The van der Waals surface area contributed by atoms with Crippen LogP contribution >= 0.6 is 23.2 Å². The van der Waals surface area contributed by atoms with Gasteiger partial charge in [0.15, 0.2) is 0 Å². The van der Waals surface area contributed by atoms with Crippen molar-refractivity contribution in [3.63, 3.8) is 0 Å². The molecular formula is C25H21Cl2N3O2. The quantitative estimate of drug-likeness (QED) is 0.318. The molecule has 3 rings (SSSR count). The van der Waals surface area contributed by atoms with Gasteiger partial charge in [0.25, 0.3) is 0 Å². The van der Waals surface area contributed by atoms with E-state index in [4.69, 9.17) is 23.2 Å². The van der Waals surface area contributed by atoms with E-state index in [-0.39, 0.29) is 24.7 Å². The summed E-state index contributed by atoms with van der Waals surface area (Å²) in [4.78, 5) is 24.4. The van der Waals surface area contributed by atoms with Gasteiger partial charge in [-0.25, -0.2) is 5.43 Å². The average molecular weight is 466 g/mol. The number of hydrogen-bond donors (Lipinski definition) is 2. The standard InChI is InChI=1S/C25H21Cl2N3O2/c26-20-12-14-23(21(27)17-20)28-24(31)15-16-25(32)30-29-22(19-9-5-2-6-10-19)13-11-18-7-3-1-4-8-18/h1-14,17H,15-16H2,(H,28,31)(H,30,32)/b13-11+,29-22-. The van der Waals surface area contributed by atoms with Crippen molar-refractivity contribution in [1.29, 1.82) is 0 Å². The third-order valence-electron chi connectivity index (χ3n) is 4.39. The van der Waals surface area contributed by atoms with E-state index in [9.17, 15) is 9.59 Å². The van der Waals surface area contributed by atoms with Crippen LogP contribution in [0.25, 0.3) is 6.08 Å². The molecule has 0 fully saturated rings. The number of nitrogens with one attached hydrogen (secondary N) is 2. The molecule has 0 spiro atoms. The maximum Gasteiger partial charge on any atom is 0.240 e. The number of hydrazone groups is 1. The van der Waals surface area contributed by atoms with Crippen LogP contribution in [0.2, 0.25) is 10.0 Å². The number of benzene rings is 3. The summed E-state index contributed by atoms with van der Waals surface area (Å²) < 4.78 is 0. The Labute approximate surface area is 196 Å². The van der Waals surface area contributed by atoms with Gasteiger partial charge >= 0.3 is 0 Å². The molecule has 7 heteroatoms. The van der Waals surface area contributed by atoms with E-state index in [0.717, 1.165) is 11.1 Å². The highest BCUT2D eigenvalue weighted by Crippen LogP contribution is 2.25. The Bertz CT molecular complexity index is 1130. The molecule has 0 heterocycles. The van der Waals surface area contributed by atoms with Gasteiger partial charge in [-0.3, -0.25) is 9.59 Å². The molecule has 0 aliphatic heterocycles. The molecule has 0 bridgehead atoms. The molecular weight excluding hydrogens is 445 g/mol. The van der Waals surface area contributed by atoms with Gasteiger partial charge in [-0.2, -0.15) is 5.10 Å². The monoisotopic (exact) mass is 465 g/mol. The molecule has 0 atom stereocenters. The summed E-state index contributed by atoms with van der Waals surface area (Å²) in [5.74, 6) is -0.704. The fraction of sp³-hybridized carbons (Fsp3) is 0.0800. The minimum absolute atomic E-state index is 0.0131. The predicted molar refractivity (Wildman–Crippen MR) is 131 cm³/mol. The van der Waals surface area contributed by atoms with Gasteiger partial charge in [-0.15, -0.1) is 0 Å². The molecule has 0 saturated carbocycles. The van der Waals surface area contributed by atoms with Gasteiger partial charge in [0.05, 0.1) is 16.4 Å². The van der Waals surface area contributed by atoms with Crippen LogP contribution in [-0.2, 0) is 9.59 Å². The van der Waals surface area contributed by atoms with E-state index >= 15 is 0 Å². The molecule has 0 aliphatic carbocycles. The summed E-state index contributed by atoms with van der Waals surface area (Å²) in [5, 5.41) is 7.73. The van der Waals surface area contributed by atoms with Gasteiger partial charge in [0.2, 0.25) is 11.8 Å². The van der Waals surface area contributed by atoms with Crippen LogP contribution < -0.4 is 10.7 Å². The fourth-order valence-corrected chi connectivity index (χ4v) is 3.21. The number of nitrogens with zero attached hydrogens (tertiary/aromatic N) is 1. The normalized spacial score (nSPS) is 11.4. The molecule has 0 aliphatic rings. The maximum absolute atomic E-state index is 12.3. The van der Waals surface area contributed by atoms with Crippen molar-refractivity contribution in [2.24, 2.45) is 5.10 Å². The Kier molecular flexibility index (Phi) is 8.61. The largest absolute Gasteiger partial charge is 0.325 e. The summed E-state index contributed by atoms with van der Waals surface area (Å²) in [6.07, 6.45) is 3.72. The highest BCUT2D eigenvalue weighted by Gasteiger charge is 2.10. The molecule has 32 heavy (non-hydrogen) atoms. The molecule has 3 aromatic rings. The zero-order valence-corrected chi connectivity index (χ0v) is 18.6. The van der Waals surface area contributed by atoms with Crippen LogP contribution in [0.3, 0.4) is 0 Å². The summed E-state index contributed by atoms with van der Waals surface area (Å²) in [6.45, 7) is 0. The van der Waals surface area contributed by atoms with E-state index in [0.29, 0.717) is 21.4 Å². The zero-order valence-electron chi connectivity index (χ0n) is 17.1. The highest BCUT2D eigenvalue weighted by atomic mass is 35.5. The van der Waals surface area contributed by atoms with Crippen LogP contribution in [0.15, 0.2) is 90.0 Å². The van der Waals surface area contributed by atoms with Gasteiger partial charge in [0.1, 0.15) is 0 Å². The summed E-state index contributed by atoms with van der Waals surface area (Å²) in [7, 11) is 0. The molecule has 0 aromatic heterocycles. The number of amides is 2. The Morgan fingerprint density at radius 3 is 2.19 bits per heavy atom. The van der Waals surface area contributed by atoms with E-state index in [2.05, 4.69) is 15.8 Å². The van der Waals surface area contributed by atoms with Crippen LogP contribution in [0.4, 0.5) is 5.69 Å². The van der Waals surface area contributed by atoms with Gasteiger partial charge < -0.3 is 5.32 Å². The van der Waals surface area contributed by atoms with Crippen LogP contribution in [-0.4, -0.2) is 17.5 Å². The first kappa shape index (κ1) is 23.3. The first-order valence-corrected chi connectivity index (χ1v) is 10.7. The Balaban J connectivity index is 1.60. The van der Waals surface area contributed by atoms with E-state index in [1.54, 1.807) is 12.1 Å². The average Bonchev–Trinajstić information content (AvgIpc) is 2.81. The minimum atomic E-state index is -0.371. The fourth-order valence-electron chi connectivity index (χ4n) is 2.76. The molecule has 162 valence electrons. The highest BCUT2D eigenvalue weighted by molar-refractivity contribution is 6.36. The second-order valence-corrected chi connectivity index (χ2v) is 7.66. The van der Waals surface area contributed by atoms with Crippen molar-refractivity contribution < 1.29 is 9.59 Å². The first-order valence-electron chi connectivity index (χ1n) is 9.91. The maximum atomic E-state index is 12.3. The van der Waals surface area contributed by atoms with Crippen molar-refractivity contribution in [3.05, 3.63) is 106 Å². The lowest BCUT2D eigenvalue weighted by Gasteiger charge is -2.07. The third-order valence-corrected chi connectivity index (χ3v) is 4.94. The van der Waals surface area contributed by atoms with Crippen molar-refractivity contribution in [2.45, 2.75) is 12.8 Å². The second-order valence-electron chi connectivity index (χ2n) is 6.81. The number of hydrogen-bond acceptors (Lipinski definition) is 3. The molecule has 2 N–H and O–H groups in total. The van der Waals surface area contributed by atoms with Crippen LogP contribution in [0.1, 0.15) is 24.0 Å². The van der Waals surface area contributed by atoms with E-state index < -0.39 is 0 Å². The number of carbonyl (C=O) groups excluding carboxylic acids is 2. The van der Waals surface area contributed by atoms with Crippen LogP contribution in [0.5, 0.6) is 0 Å². The summed E-state index contributed by atoms with van der Waals surface area (Å²) in [6, 6.07) is 24.1. The number of anilines is 1. The summed E-state index contributed by atoms with van der Waals surface area (Å²) in [5.41, 5.74) is 5.44. The Morgan fingerprint density at radius 1 is 0.844 bits per heavy atom. The number of allylic oxidation sites excluding steroid dienone is 1. The second kappa shape index (κ2) is 11.8. The minimum Gasteiger partial charge on any atom is -0.325 e. The van der Waals surface area contributed by atoms with Gasteiger partial charge in [0, 0.05) is 23.4 Å². The molecule has 2 amide bonds. The first-order chi connectivity index (χ1) is 15.5. The molecule has 3 aromatic carbocycles. The molecule has 5 nitrogen and oxygen atoms in total. The molecule has 0 unspecified atom stereocenters. The number of carbonyl (C=O) groups is 2. The molecule has 0 radical (unpaired) electrons. The Morgan fingerprint density at radius 2 is 1.50 bits per heavy atom. The van der Waals surface area contributed by atoms with Crippen molar-refractivity contribution >= 4 is 52.5 Å². The Hall–Kier alpha value is -3.41. The van der Waals surface area contributed by atoms with Crippen molar-refractivity contribution in [2.75, 3.05) is 5.32 Å². The molecule has 0 saturated heterocycles. The SMILES string of the molecule is O=C(CCC(=O)Nc1ccc(Cl)cc1Cl)N/N=C(/C=C/c1ccccc1)c1ccccc1. The van der Waals surface area contributed by atoms with Gasteiger partial charge in [-0.05, 0) is 29.8 Å². The predicted octanol–water partition coefficient (Wildman–Crippen LogP) is 5.95. The zero-order chi connectivity index (χ0) is 22.8. The van der Waals surface area contributed by atoms with Gasteiger partial charge in [-0.1, -0.05) is 89.9 Å².